The van der Waals surface area contributed by atoms with Gasteiger partial charge in [0, 0.05) is 16.8 Å². The second kappa shape index (κ2) is 9.92. The van der Waals surface area contributed by atoms with Gasteiger partial charge in [0.25, 0.3) is 5.91 Å². The number of nitrogens with zero attached hydrogens (tertiary/aromatic N) is 1. The number of hydrogen-bond acceptors (Lipinski definition) is 4. The van der Waals surface area contributed by atoms with E-state index in [-0.39, 0.29) is 17.7 Å². The summed E-state index contributed by atoms with van der Waals surface area (Å²) in [5, 5.41) is 3.61. The molecule has 1 aliphatic carbocycles. The molecule has 3 aromatic rings. The zero-order chi connectivity index (χ0) is 22.5. The van der Waals surface area contributed by atoms with E-state index in [0.717, 1.165) is 25.7 Å². The minimum atomic E-state index is -0.919. The van der Waals surface area contributed by atoms with Gasteiger partial charge in [-0.25, -0.2) is 0 Å². The number of carbonyl (C=O) groups is 2. The number of carbonyl (C=O) groups excluding carboxylic acids is 2. The highest BCUT2D eigenvalue weighted by atomic mass is 35.5. The molecule has 2 aromatic carbocycles. The van der Waals surface area contributed by atoms with E-state index >= 15 is 0 Å². The zero-order valence-corrected chi connectivity index (χ0v) is 18.5. The third kappa shape index (κ3) is 4.81. The van der Waals surface area contributed by atoms with Gasteiger partial charge in [-0.15, -0.1) is 0 Å². The predicted molar refractivity (Wildman–Crippen MR) is 123 cm³/mol. The second-order valence-corrected chi connectivity index (χ2v) is 8.23. The van der Waals surface area contributed by atoms with Crippen molar-refractivity contribution in [2.45, 2.75) is 37.8 Å². The van der Waals surface area contributed by atoms with Crippen LogP contribution in [0.5, 0.6) is 5.75 Å². The van der Waals surface area contributed by atoms with Gasteiger partial charge < -0.3 is 14.5 Å². The third-order valence-corrected chi connectivity index (χ3v) is 5.91. The summed E-state index contributed by atoms with van der Waals surface area (Å²) in [4.78, 5) is 28.7. The quantitative estimate of drug-likeness (QED) is 0.521. The molecule has 1 aliphatic rings. The number of halogens is 1. The van der Waals surface area contributed by atoms with E-state index in [9.17, 15) is 9.59 Å². The van der Waals surface area contributed by atoms with Crippen molar-refractivity contribution >= 4 is 29.1 Å². The predicted octanol–water partition coefficient (Wildman–Crippen LogP) is 5.39. The molecule has 0 radical (unpaired) electrons. The SMILES string of the molecule is COc1ccc(C(C(=O)NC2CCCC2)N(C(=O)c2ccco2)c2cccc(Cl)c2)cc1. The molecule has 2 amide bonds. The van der Waals surface area contributed by atoms with Crippen LogP contribution in [0.2, 0.25) is 5.02 Å². The van der Waals surface area contributed by atoms with Gasteiger partial charge in [0.15, 0.2) is 5.76 Å². The minimum absolute atomic E-state index is 0.100. The molecule has 32 heavy (non-hydrogen) atoms. The van der Waals surface area contributed by atoms with Crippen LogP contribution < -0.4 is 15.0 Å². The van der Waals surface area contributed by atoms with Crippen molar-refractivity contribution in [3.63, 3.8) is 0 Å². The highest BCUT2D eigenvalue weighted by Crippen LogP contribution is 2.33. The van der Waals surface area contributed by atoms with E-state index in [4.69, 9.17) is 20.8 Å². The van der Waals surface area contributed by atoms with Crippen LogP contribution in [0.1, 0.15) is 47.8 Å². The molecular formula is C25H25ClN2O4. The molecule has 4 rings (SSSR count). The largest absolute Gasteiger partial charge is 0.497 e. The van der Waals surface area contributed by atoms with Crippen LogP contribution in [0, 0.1) is 0 Å². The highest BCUT2D eigenvalue weighted by Gasteiger charge is 2.35. The lowest BCUT2D eigenvalue weighted by Crippen LogP contribution is -2.46. The van der Waals surface area contributed by atoms with Crippen LogP contribution in [0.25, 0.3) is 0 Å². The summed E-state index contributed by atoms with van der Waals surface area (Å²) in [5.41, 5.74) is 1.16. The number of furan rings is 1. The van der Waals surface area contributed by atoms with Crippen LogP contribution in [-0.4, -0.2) is 25.0 Å². The van der Waals surface area contributed by atoms with Gasteiger partial charge in [-0.3, -0.25) is 14.5 Å². The smallest absolute Gasteiger partial charge is 0.294 e. The first kappa shape index (κ1) is 22.0. The standard InChI is InChI=1S/C25H25ClN2O4/c1-31-21-13-11-17(12-14-21)23(24(29)27-19-7-2-3-8-19)28(20-9-4-6-18(26)16-20)25(30)22-10-5-15-32-22/h4-6,9-16,19,23H,2-3,7-8H2,1H3,(H,27,29). The molecule has 1 N–H and O–H groups in total. The monoisotopic (exact) mass is 452 g/mol. The summed E-state index contributed by atoms with van der Waals surface area (Å²) >= 11 is 6.25. The average molecular weight is 453 g/mol. The maximum absolute atomic E-state index is 13.6. The molecule has 0 bridgehead atoms. The van der Waals surface area contributed by atoms with E-state index in [0.29, 0.717) is 22.0 Å². The van der Waals surface area contributed by atoms with Gasteiger partial charge >= 0.3 is 0 Å². The summed E-state index contributed by atoms with van der Waals surface area (Å²) in [6, 6.07) is 16.5. The van der Waals surface area contributed by atoms with Crippen LogP contribution in [-0.2, 0) is 4.79 Å². The van der Waals surface area contributed by atoms with Crippen molar-refractivity contribution in [2.75, 3.05) is 12.0 Å². The van der Waals surface area contributed by atoms with Gasteiger partial charge in [-0.05, 0) is 60.9 Å². The van der Waals surface area contributed by atoms with Gasteiger partial charge in [0.05, 0.1) is 13.4 Å². The number of amides is 2. The lowest BCUT2D eigenvalue weighted by molar-refractivity contribution is -0.123. The molecule has 166 valence electrons. The summed E-state index contributed by atoms with van der Waals surface area (Å²) < 4.78 is 10.7. The molecule has 1 aromatic heterocycles. The molecule has 1 atom stereocenters. The molecule has 7 heteroatoms. The average Bonchev–Trinajstić information content (AvgIpc) is 3.51. The summed E-state index contributed by atoms with van der Waals surface area (Å²) in [7, 11) is 1.58. The van der Waals surface area contributed by atoms with E-state index in [1.807, 2.05) is 0 Å². The molecule has 0 saturated heterocycles. The summed E-state index contributed by atoms with van der Waals surface area (Å²) in [6.45, 7) is 0. The Morgan fingerprint density at radius 3 is 2.47 bits per heavy atom. The Labute approximate surface area is 192 Å². The highest BCUT2D eigenvalue weighted by molar-refractivity contribution is 6.31. The van der Waals surface area contributed by atoms with Crippen molar-refractivity contribution in [3.8, 4) is 5.75 Å². The summed E-state index contributed by atoms with van der Waals surface area (Å²) in [6.07, 6.45) is 5.47. The second-order valence-electron chi connectivity index (χ2n) is 7.80. The Kier molecular flexibility index (Phi) is 6.81. The summed E-state index contributed by atoms with van der Waals surface area (Å²) in [5.74, 6) is 0.120. The van der Waals surface area contributed by atoms with Crippen molar-refractivity contribution in [1.82, 2.24) is 5.32 Å². The molecule has 6 nitrogen and oxygen atoms in total. The van der Waals surface area contributed by atoms with E-state index < -0.39 is 11.9 Å². The van der Waals surface area contributed by atoms with E-state index in [2.05, 4.69) is 5.32 Å². The van der Waals surface area contributed by atoms with E-state index in [1.165, 1.54) is 11.2 Å². The van der Waals surface area contributed by atoms with Crippen molar-refractivity contribution in [2.24, 2.45) is 0 Å². The fraction of sp³-hybridized carbons (Fsp3) is 0.280. The maximum atomic E-state index is 13.6. The normalized spacial score (nSPS) is 14.7. The van der Waals surface area contributed by atoms with Gasteiger partial charge in [0.2, 0.25) is 5.91 Å². The number of methoxy groups -OCH3 is 1. The van der Waals surface area contributed by atoms with Crippen molar-refractivity contribution in [3.05, 3.63) is 83.3 Å². The molecule has 1 fully saturated rings. The molecular weight excluding hydrogens is 428 g/mol. The number of ether oxygens (including phenoxy) is 1. The zero-order valence-electron chi connectivity index (χ0n) is 17.8. The number of anilines is 1. The Morgan fingerprint density at radius 2 is 1.84 bits per heavy atom. The Hall–Kier alpha value is -3.25. The van der Waals surface area contributed by atoms with Crippen molar-refractivity contribution < 1.29 is 18.7 Å². The fourth-order valence-corrected chi connectivity index (χ4v) is 4.27. The van der Waals surface area contributed by atoms with Crippen LogP contribution in [0.3, 0.4) is 0 Å². The van der Waals surface area contributed by atoms with Gasteiger partial charge in [-0.2, -0.15) is 0 Å². The fourth-order valence-electron chi connectivity index (χ4n) is 4.08. The molecule has 1 heterocycles. The third-order valence-electron chi connectivity index (χ3n) is 5.68. The molecule has 1 unspecified atom stereocenters. The van der Waals surface area contributed by atoms with Crippen LogP contribution >= 0.6 is 11.6 Å². The molecule has 1 saturated carbocycles. The topological polar surface area (TPSA) is 71.8 Å². The maximum Gasteiger partial charge on any atom is 0.294 e. The first-order valence-corrected chi connectivity index (χ1v) is 11.0. The van der Waals surface area contributed by atoms with Crippen LogP contribution in [0.15, 0.2) is 71.3 Å². The first-order valence-electron chi connectivity index (χ1n) is 10.6. The molecule has 0 spiro atoms. The lowest BCUT2D eigenvalue weighted by Gasteiger charge is -2.32. The number of nitrogens with one attached hydrogen (secondary N) is 1. The number of benzene rings is 2. The van der Waals surface area contributed by atoms with E-state index in [1.54, 1.807) is 67.8 Å². The Bertz CT molecular complexity index is 1060. The van der Waals surface area contributed by atoms with Gasteiger partial charge in [-0.1, -0.05) is 42.6 Å². The Balaban J connectivity index is 1.80. The minimum Gasteiger partial charge on any atom is -0.497 e. The van der Waals surface area contributed by atoms with Gasteiger partial charge in [0.1, 0.15) is 11.8 Å². The molecule has 0 aliphatic heterocycles. The van der Waals surface area contributed by atoms with Crippen LogP contribution in [0.4, 0.5) is 5.69 Å². The number of hydrogen-bond donors (Lipinski definition) is 1. The van der Waals surface area contributed by atoms with Crippen molar-refractivity contribution in [1.29, 1.82) is 0 Å². The lowest BCUT2D eigenvalue weighted by atomic mass is 10.0. The number of rotatable bonds is 7. The first-order chi connectivity index (χ1) is 15.6. The Morgan fingerprint density at radius 1 is 1.09 bits per heavy atom.